The molecule has 0 bridgehead atoms. The molecular formula is C15H24N4O3S2. The highest BCUT2D eigenvalue weighted by molar-refractivity contribution is 8.00. The van der Waals surface area contributed by atoms with Crippen molar-refractivity contribution in [1.29, 1.82) is 0 Å². The first kappa shape index (κ1) is 17.7. The maximum atomic E-state index is 12.8. The molecule has 1 aromatic rings. The van der Waals surface area contributed by atoms with Crippen molar-refractivity contribution in [1.82, 2.24) is 19.7 Å². The summed E-state index contributed by atoms with van der Waals surface area (Å²) in [4.78, 5) is 14.5. The smallest absolute Gasteiger partial charge is 0.236 e. The summed E-state index contributed by atoms with van der Waals surface area (Å²) in [5.74, 6) is 1.13. The minimum absolute atomic E-state index is 0.0207. The van der Waals surface area contributed by atoms with Crippen LogP contribution in [-0.2, 0) is 14.6 Å². The maximum Gasteiger partial charge on any atom is 0.236 e. The average molecular weight is 373 g/mol. The monoisotopic (exact) mass is 372 g/mol. The molecule has 0 spiro atoms. The summed E-state index contributed by atoms with van der Waals surface area (Å²) in [6.07, 6.45) is 2.81. The van der Waals surface area contributed by atoms with Crippen LogP contribution in [0.25, 0.3) is 0 Å². The van der Waals surface area contributed by atoms with E-state index in [1.54, 1.807) is 4.90 Å². The van der Waals surface area contributed by atoms with Gasteiger partial charge in [-0.3, -0.25) is 4.79 Å². The normalized spacial score (nSPS) is 24.0. The molecule has 0 N–H and O–H groups in total. The van der Waals surface area contributed by atoms with Gasteiger partial charge in [0.2, 0.25) is 5.91 Å². The third kappa shape index (κ3) is 3.61. The predicted molar refractivity (Wildman–Crippen MR) is 92.8 cm³/mol. The van der Waals surface area contributed by atoms with E-state index in [-0.39, 0.29) is 28.7 Å². The van der Waals surface area contributed by atoms with E-state index < -0.39 is 9.84 Å². The highest BCUT2D eigenvalue weighted by atomic mass is 32.2. The number of carbonyl (C=O) groups excluding carboxylic acids is 1. The number of nitrogens with zero attached hydrogens (tertiary/aromatic N) is 4. The van der Waals surface area contributed by atoms with Crippen molar-refractivity contribution in [2.75, 3.05) is 18.1 Å². The first-order valence-electron chi connectivity index (χ1n) is 8.41. The third-order valence-electron chi connectivity index (χ3n) is 4.65. The zero-order valence-electron chi connectivity index (χ0n) is 14.3. The van der Waals surface area contributed by atoms with Gasteiger partial charge in [0.05, 0.1) is 16.8 Å². The Morgan fingerprint density at radius 2 is 2.08 bits per heavy atom. The van der Waals surface area contributed by atoms with Gasteiger partial charge in [-0.2, -0.15) is 0 Å². The predicted octanol–water partition coefficient (Wildman–Crippen LogP) is 1.44. The molecule has 134 valence electrons. The summed E-state index contributed by atoms with van der Waals surface area (Å²) in [5, 5.41) is 8.83. The Hall–Kier alpha value is -1.09. The maximum absolute atomic E-state index is 12.8. The molecule has 7 nitrogen and oxygen atoms in total. The molecular weight excluding hydrogens is 348 g/mol. The van der Waals surface area contributed by atoms with Crippen LogP contribution in [0.1, 0.15) is 45.0 Å². The number of aromatic nitrogens is 3. The first-order chi connectivity index (χ1) is 11.3. The molecule has 24 heavy (non-hydrogen) atoms. The van der Waals surface area contributed by atoms with Crippen molar-refractivity contribution in [2.24, 2.45) is 0 Å². The topological polar surface area (TPSA) is 85.2 Å². The van der Waals surface area contributed by atoms with Crippen molar-refractivity contribution in [3.8, 4) is 0 Å². The number of rotatable bonds is 6. The van der Waals surface area contributed by atoms with Crippen LogP contribution in [-0.4, -0.2) is 63.3 Å². The largest absolute Gasteiger partial charge is 0.338 e. The zero-order chi connectivity index (χ0) is 17.5. The van der Waals surface area contributed by atoms with Crippen molar-refractivity contribution < 1.29 is 13.2 Å². The van der Waals surface area contributed by atoms with Crippen molar-refractivity contribution >= 4 is 27.5 Å². The molecule has 9 heteroatoms. The molecule has 1 aliphatic heterocycles. The van der Waals surface area contributed by atoms with Gasteiger partial charge in [-0.15, -0.1) is 10.2 Å². The van der Waals surface area contributed by atoms with E-state index in [2.05, 4.69) is 14.8 Å². The Kier molecular flexibility index (Phi) is 4.92. The van der Waals surface area contributed by atoms with Gasteiger partial charge in [0.25, 0.3) is 0 Å². The Balaban J connectivity index is 1.69. The lowest BCUT2D eigenvalue weighted by Crippen LogP contribution is -2.44. The fraction of sp³-hybridized carbons (Fsp3) is 0.800. The molecule has 0 aromatic carbocycles. The van der Waals surface area contributed by atoms with Crippen LogP contribution in [0.15, 0.2) is 5.16 Å². The number of thioether (sulfide) groups is 1. The van der Waals surface area contributed by atoms with E-state index >= 15 is 0 Å². The Morgan fingerprint density at radius 3 is 2.62 bits per heavy atom. The van der Waals surface area contributed by atoms with Crippen LogP contribution >= 0.6 is 11.8 Å². The molecule has 2 fully saturated rings. The van der Waals surface area contributed by atoms with Crippen LogP contribution in [0.3, 0.4) is 0 Å². The molecule has 2 aliphatic rings. The second-order valence-corrected chi connectivity index (χ2v) is 10.1. The quantitative estimate of drug-likeness (QED) is 0.703. The second kappa shape index (κ2) is 6.67. The molecule has 0 radical (unpaired) electrons. The number of hydrogen-bond acceptors (Lipinski definition) is 6. The number of aryl methyl sites for hydroxylation is 1. The molecule has 2 atom stereocenters. The van der Waals surface area contributed by atoms with Gasteiger partial charge in [0.15, 0.2) is 15.0 Å². The number of carbonyl (C=O) groups is 1. The highest BCUT2D eigenvalue weighted by Crippen LogP contribution is 2.39. The van der Waals surface area contributed by atoms with E-state index in [0.717, 1.165) is 23.8 Å². The molecule has 3 rings (SSSR count). The fourth-order valence-electron chi connectivity index (χ4n) is 3.24. The van der Waals surface area contributed by atoms with E-state index in [0.29, 0.717) is 19.0 Å². The van der Waals surface area contributed by atoms with Crippen LogP contribution in [0.5, 0.6) is 0 Å². The van der Waals surface area contributed by atoms with Gasteiger partial charge in [-0.25, -0.2) is 8.42 Å². The Bertz CT molecular complexity index is 727. The van der Waals surface area contributed by atoms with Crippen LogP contribution < -0.4 is 0 Å². The van der Waals surface area contributed by atoms with Gasteiger partial charge in [0.1, 0.15) is 5.82 Å². The van der Waals surface area contributed by atoms with E-state index in [1.807, 2.05) is 20.8 Å². The van der Waals surface area contributed by atoms with Gasteiger partial charge in [0, 0.05) is 18.6 Å². The van der Waals surface area contributed by atoms with Crippen LogP contribution in [0.2, 0.25) is 0 Å². The third-order valence-corrected chi connectivity index (χ3v) is 7.44. The number of hydrogen-bond donors (Lipinski definition) is 0. The Labute approximate surface area is 147 Å². The standard InChI is InChI=1S/C15H24N4O3S2/c1-4-18(13-7-8-24(21,22)9-13)14(20)10(2)23-15-17-16-11(3)19(15)12-5-6-12/h10,12-13H,4-9H2,1-3H3/t10-,13-/m1/s1. The number of sulfone groups is 1. The lowest BCUT2D eigenvalue weighted by atomic mass is 10.2. The van der Waals surface area contributed by atoms with Gasteiger partial charge in [-0.1, -0.05) is 11.8 Å². The summed E-state index contributed by atoms with van der Waals surface area (Å²) < 4.78 is 25.5. The molecule has 1 saturated carbocycles. The second-order valence-electron chi connectivity index (χ2n) is 6.57. The summed E-state index contributed by atoms with van der Waals surface area (Å²) in [5.41, 5.74) is 0. The number of amides is 1. The van der Waals surface area contributed by atoms with Gasteiger partial charge >= 0.3 is 0 Å². The zero-order valence-corrected chi connectivity index (χ0v) is 15.9. The molecule has 2 heterocycles. The highest BCUT2D eigenvalue weighted by Gasteiger charge is 2.36. The average Bonchev–Trinajstić information content (AvgIpc) is 3.20. The van der Waals surface area contributed by atoms with E-state index in [4.69, 9.17) is 0 Å². The van der Waals surface area contributed by atoms with Crippen molar-refractivity contribution in [3.63, 3.8) is 0 Å². The summed E-state index contributed by atoms with van der Waals surface area (Å²) in [7, 11) is -3.00. The SMILES string of the molecule is CCN(C(=O)[C@@H](C)Sc1nnc(C)n1C1CC1)[C@@H]1CCS(=O)(=O)C1. The van der Waals surface area contributed by atoms with Gasteiger partial charge < -0.3 is 9.47 Å². The van der Waals surface area contributed by atoms with Crippen LogP contribution in [0, 0.1) is 6.92 Å². The van der Waals surface area contributed by atoms with E-state index in [9.17, 15) is 13.2 Å². The molecule has 0 unspecified atom stereocenters. The van der Waals surface area contributed by atoms with Crippen molar-refractivity contribution in [3.05, 3.63) is 5.82 Å². The first-order valence-corrected chi connectivity index (χ1v) is 11.1. The van der Waals surface area contributed by atoms with E-state index in [1.165, 1.54) is 11.8 Å². The molecule has 1 saturated heterocycles. The summed E-state index contributed by atoms with van der Waals surface area (Å²) in [6.45, 7) is 6.22. The molecule has 1 aliphatic carbocycles. The van der Waals surface area contributed by atoms with Crippen LogP contribution in [0.4, 0.5) is 0 Å². The summed E-state index contributed by atoms with van der Waals surface area (Å²) >= 11 is 1.42. The Morgan fingerprint density at radius 1 is 1.38 bits per heavy atom. The fourth-order valence-corrected chi connectivity index (χ4v) is 6.01. The lowest BCUT2D eigenvalue weighted by Gasteiger charge is -2.29. The van der Waals surface area contributed by atoms with Crippen molar-refractivity contribution in [2.45, 2.75) is 62.5 Å². The lowest BCUT2D eigenvalue weighted by molar-refractivity contribution is -0.131. The van der Waals surface area contributed by atoms with Gasteiger partial charge in [-0.05, 0) is 40.0 Å². The molecule has 1 amide bonds. The molecule has 1 aromatic heterocycles. The summed E-state index contributed by atoms with van der Waals surface area (Å²) in [6, 6.07) is 0.269. The minimum Gasteiger partial charge on any atom is -0.338 e. The minimum atomic E-state index is -3.00.